The Labute approximate surface area is 131 Å². The van der Waals surface area contributed by atoms with E-state index in [-0.39, 0.29) is 9.37 Å². The predicted molar refractivity (Wildman–Crippen MR) is 85.7 cm³/mol. The average Bonchev–Trinajstić information content (AvgIpc) is 2.37. The van der Waals surface area contributed by atoms with E-state index < -0.39 is 15.8 Å². The first-order chi connectivity index (χ1) is 9.81. The van der Waals surface area contributed by atoms with E-state index >= 15 is 0 Å². The van der Waals surface area contributed by atoms with Crippen molar-refractivity contribution in [1.82, 2.24) is 0 Å². The van der Waals surface area contributed by atoms with Gasteiger partial charge in [-0.05, 0) is 46.3 Å². The van der Waals surface area contributed by atoms with Gasteiger partial charge in [0.2, 0.25) is 0 Å². The molecule has 0 heterocycles. The van der Waals surface area contributed by atoms with Gasteiger partial charge < -0.3 is 4.90 Å². The number of hydrogen-bond donors (Lipinski definition) is 1. The molecule has 7 heteroatoms. The second-order valence-electron chi connectivity index (χ2n) is 4.59. The number of sulfonamides is 1. The Morgan fingerprint density at radius 3 is 2.43 bits per heavy atom. The molecule has 0 amide bonds. The summed E-state index contributed by atoms with van der Waals surface area (Å²) in [5.74, 6) is -0.505. The molecule has 0 atom stereocenters. The Morgan fingerprint density at radius 1 is 1.14 bits per heavy atom. The molecule has 2 aromatic rings. The number of benzene rings is 2. The molecule has 0 spiro atoms. The minimum Gasteiger partial charge on any atom is -0.376 e. The zero-order valence-corrected chi connectivity index (χ0v) is 13.9. The summed E-state index contributed by atoms with van der Waals surface area (Å²) in [7, 11) is -0.166. The Bertz CT molecular complexity index is 763. The van der Waals surface area contributed by atoms with Crippen molar-refractivity contribution in [2.24, 2.45) is 0 Å². The number of nitrogens with zero attached hydrogens (tertiary/aromatic N) is 1. The second-order valence-corrected chi connectivity index (χ2v) is 7.10. The normalized spacial score (nSPS) is 11.2. The van der Waals surface area contributed by atoms with Gasteiger partial charge in [0.1, 0.15) is 10.7 Å². The highest BCUT2D eigenvalue weighted by Gasteiger charge is 2.19. The van der Waals surface area contributed by atoms with Crippen molar-refractivity contribution in [2.45, 2.75) is 4.90 Å². The van der Waals surface area contributed by atoms with Crippen LogP contribution in [-0.2, 0) is 10.0 Å². The lowest BCUT2D eigenvalue weighted by atomic mass is 10.2. The van der Waals surface area contributed by atoms with Crippen LogP contribution >= 0.6 is 15.9 Å². The molecule has 0 radical (unpaired) electrons. The van der Waals surface area contributed by atoms with E-state index in [9.17, 15) is 12.8 Å². The summed E-state index contributed by atoms with van der Waals surface area (Å²) in [6.07, 6.45) is 0. The van der Waals surface area contributed by atoms with Crippen LogP contribution in [0.3, 0.4) is 0 Å². The quantitative estimate of drug-likeness (QED) is 0.893. The first-order valence-electron chi connectivity index (χ1n) is 6.05. The lowest BCUT2D eigenvalue weighted by Gasteiger charge is -2.18. The molecule has 0 fully saturated rings. The van der Waals surface area contributed by atoms with Crippen LogP contribution in [0.15, 0.2) is 51.8 Å². The third-order valence-electron chi connectivity index (χ3n) is 2.81. The van der Waals surface area contributed by atoms with Gasteiger partial charge in [0.15, 0.2) is 0 Å². The molecule has 1 N–H and O–H groups in total. The maximum Gasteiger partial charge on any atom is 0.263 e. The fourth-order valence-electron chi connectivity index (χ4n) is 1.84. The molecule has 2 rings (SSSR count). The fourth-order valence-corrected chi connectivity index (χ4v) is 3.97. The van der Waals surface area contributed by atoms with Crippen LogP contribution in [0.25, 0.3) is 0 Å². The monoisotopic (exact) mass is 372 g/mol. The predicted octanol–water partition coefficient (Wildman–Crippen LogP) is 3.46. The van der Waals surface area contributed by atoms with Crippen LogP contribution in [0.4, 0.5) is 15.8 Å². The van der Waals surface area contributed by atoms with Gasteiger partial charge in [-0.3, -0.25) is 4.72 Å². The highest BCUT2D eigenvalue weighted by Crippen LogP contribution is 2.29. The third-order valence-corrected chi connectivity index (χ3v) is 5.16. The fraction of sp³-hybridized carbons (Fsp3) is 0.143. The van der Waals surface area contributed by atoms with E-state index in [0.29, 0.717) is 5.69 Å². The molecule has 4 nitrogen and oxygen atoms in total. The van der Waals surface area contributed by atoms with Gasteiger partial charge in [0.25, 0.3) is 10.0 Å². The van der Waals surface area contributed by atoms with Crippen molar-refractivity contribution in [2.75, 3.05) is 23.7 Å². The molecule has 0 aliphatic carbocycles. The lowest BCUT2D eigenvalue weighted by molar-refractivity contribution is 0.599. The van der Waals surface area contributed by atoms with Crippen LogP contribution in [-0.4, -0.2) is 22.5 Å². The SMILES string of the molecule is CN(C)c1ccccc1NS(=O)(=O)c1ccc(F)cc1Br. The van der Waals surface area contributed by atoms with E-state index in [1.807, 2.05) is 20.2 Å². The summed E-state index contributed by atoms with van der Waals surface area (Å²) >= 11 is 3.07. The molecule has 112 valence electrons. The molecule has 21 heavy (non-hydrogen) atoms. The van der Waals surface area contributed by atoms with E-state index in [1.54, 1.807) is 23.1 Å². The van der Waals surface area contributed by atoms with Crippen molar-refractivity contribution < 1.29 is 12.8 Å². The van der Waals surface area contributed by atoms with Gasteiger partial charge in [-0.2, -0.15) is 0 Å². The molecule has 0 aliphatic rings. The van der Waals surface area contributed by atoms with Crippen molar-refractivity contribution in [3.05, 3.63) is 52.8 Å². The van der Waals surface area contributed by atoms with Crippen molar-refractivity contribution >= 4 is 37.3 Å². The summed E-state index contributed by atoms with van der Waals surface area (Å²) < 4.78 is 40.6. The third kappa shape index (κ3) is 3.54. The van der Waals surface area contributed by atoms with Crippen LogP contribution in [0.5, 0.6) is 0 Å². The number of hydrogen-bond acceptors (Lipinski definition) is 3. The number of para-hydroxylation sites is 2. The topological polar surface area (TPSA) is 49.4 Å². The van der Waals surface area contributed by atoms with Gasteiger partial charge in [-0.15, -0.1) is 0 Å². The summed E-state index contributed by atoms with van der Waals surface area (Å²) in [6, 6.07) is 10.5. The van der Waals surface area contributed by atoms with E-state index in [4.69, 9.17) is 0 Å². The Morgan fingerprint density at radius 2 is 1.81 bits per heavy atom. The van der Waals surface area contributed by atoms with E-state index in [2.05, 4.69) is 20.7 Å². The smallest absolute Gasteiger partial charge is 0.263 e. The van der Waals surface area contributed by atoms with Gasteiger partial charge in [0, 0.05) is 18.6 Å². The number of anilines is 2. The minimum absolute atomic E-state index is 0.0162. The minimum atomic E-state index is -3.81. The van der Waals surface area contributed by atoms with Gasteiger partial charge in [-0.1, -0.05) is 12.1 Å². The summed E-state index contributed by atoms with van der Waals surface area (Å²) in [4.78, 5) is 1.79. The van der Waals surface area contributed by atoms with Crippen LogP contribution < -0.4 is 9.62 Å². The molecular formula is C14H14BrFN2O2S. The number of rotatable bonds is 4. The molecule has 0 aliphatic heterocycles. The van der Waals surface area contributed by atoms with Gasteiger partial charge in [0.05, 0.1) is 11.4 Å². The highest BCUT2D eigenvalue weighted by molar-refractivity contribution is 9.10. The largest absolute Gasteiger partial charge is 0.376 e. The molecule has 0 unspecified atom stereocenters. The van der Waals surface area contributed by atoms with Crippen LogP contribution in [0, 0.1) is 5.82 Å². The summed E-state index contributed by atoms with van der Waals surface area (Å²) in [6.45, 7) is 0. The Kier molecular flexibility index (Phi) is 4.53. The van der Waals surface area contributed by atoms with Crippen LogP contribution in [0.1, 0.15) is 0 Å². The maximum atomic E-state index is 13.1. The molecule has 0 bridgehead atoms. The summed E-state index contributed by atoms with van der Waals surface area (Å²) in [5.41, 5.74) is 1.19. The maximum absolute atomic E-state index is 13.1. The van der Waals surface area contributed by atoms with Gasteiger partial charge in [-0.25, -0.2) is 12.8 Å². The van der Waals surface area contributed by atoms with Gasteiger partial charge >= 0.3 is 0 Å². The second kappa shape index (κ2) is 6.03. The van der Waals surface area contributed by atoms with Crippen molar-refractivity contribution in [1.29, 1.82) is 0 Å². The molecule has 0 aromatic heterocycles. The zero-order chi connectivity index (χ0) is 15.6. The number of nitrogens with one attached hydrogen (secondary N) is 1. The molecular weight excluding hydrogens is 359 g/mol. The molecule has 0 saturated carbocycles. The first kappa shape index (κ1) is 15.8. The van der Waals surface area contributed by atoms with E-state index in [1.165, 1.54) is 6.07 Å². The van der Waals surface area contributed by atoms with E-state index in [0.717, 1.165) is 17.8 Å². The summed E-state index contributed by atoms with van der Waals surface area (Å²) in [5, 5.41) is 0. The average molecular weight is 373 g/mol. The zero-order valence-electron chi connectivity index (χ0n) is 11.5. The first-order valence-corrected chi connectivity index (χ1v) is 8.33. The Hall–Kier alpha value is -1.60. The van der Waals surface area contributed by atoms with Crippen molar-refractivity contribution in [3.63, 3.8) is 0 Å². The molecule has 0 saturated heterocycles. The number of halogens is 2. The standard InChI is InChI=1S/C14H14BrFN2O2S/c1-18(2)13-6-4-3-5-12(13)17-21(19,20)14-8-7-10(16)9-11(14)15/h3-9,17H,1-2H3. The molecule has 2 aromatic carbocycles. The lowest BCUT2D eigenvalue weighted by Crippen LogP contribution is -2.17. The highest BCUT2D eigenvalue weighted by atomic mass is 79.9. The van der Waals surface area contributed by atoms with Crippen LogP contribution in [0.2, 0.25) is 0 Å². The van der Waals surface area contributed by atoms with Crippen molar-refractivity contribution in [3.8, 4) is 0 Å². The Balaban J connectivity index is 2.43.